The molecule has 1 heterocycles. The molecule has 0 amide bonds. The van der Waals surface area contributed by atoms with E-state index in [1.54, 1.807) is 11.3 Å². The second-order valence-corrected chi connectivity index (χ2v) is 5.51. The van der Waals surface area contributed by atoms with Gasteiger partial charge in [-0.3, -0.25) is 0 Å². The molecule has 2 aromatic rings. The van der Waals surface area contributed by atoms with Crippen LogP contribution >= 0.6 is 11.3 Å². The number of rotatable bonds is 6. The summed E-state index contributed by atoms with van der Waals surface area (Å²) in [6.45, 7) is 7.83. The molecule has 0 spiro atoms. The summed E-state index contributed by atoms with van der Waals surface area (Å²) in [7, 11) is 0. The maximum absolute atomic E-state index is 5.94. The molecule has 19 heavy (non-hydrogen) atoms. The Hall–Kier alpha value is -1.39. The minimum Gasteiger partial charge on any atom is -0.486 e. The van der Waals surface area contributed by atoms with E-state index in [-0.39, 0.29) is 6.04 Å². The standard InChI is InChI=1S/C15H20N2OS/c1-4-16-12(3)13-6-5-11(2)9-14(13)18-10-15-17-7-8-19-15/h5-9,12,16H,4,10H2,1-3H3. The fraction of sp³-hybridized carbons (Fsp3) is 0.400. The van der Waals surface area contributed by atoms with Gasteiger partial charge in [-0.1, -0.05) is 19.1 Å². The van der Waals surface area contributed by atoms with Gasteiger partial charge in [0, 0.05) is 23.2 Å². The number of thiazole rings is 1. The Kier molecular flexibility index (Phi) is 4.93. The minimum atomic E-state index is 0.289. The number of ether oxygens (including phenoxy) is 1. The van der Waals surface area contributed by atoms with Crippen molar-refractivity contribution in [1.82, 2.24) is 10.3 Å². The molecule has 1 unspecified atom stereocenters. The zero-order chi connectivity index (χ0) is 13.7. The monoisotopic (exact) mass is 276 g/mol. The van der Waals surface area contributed by atoms with Gasteiger partial charge in [-0.2, -0.15) is 0 Å². The van der Waals surface area contributed by atoms with E-state index in [4.69, 9.17) is 4.74 Å². The molecule has 0 aliphatic heterocycles. The van der Waals surface area contributed by atoms with Gasteiger partial charge in [-0.25, -0.2) is 4.98 Å². The van der Waals surface area contributed by atoms with Crippen LogP contribution in [0, 0.1) is 6.92 Å². The van der Waals surface area contributed by atoms with Crippen molar-refractivity contribution >= 4 is 11.3 Å². The number of hydrogen-bond donors (Lipinski definition) is 1. The Morgan fingerprint density at radius 2 is 2.26 bits per heavy atom. The van der Waals surface area contributed by atoms with Gasteiger partial charge >= 0.3 is 0 Å². The number of nitrogens with one attached hydrogen (secondary N) is 1. The third kappa shape index (κ3) is 3.78. The van der Waals surface area contributed by atoms with Crippen LogP contribution in [-0.4, -0.2) is 11.5 Å². The van der Waals surface area contributed by atoms with Crippen LogP contribution in [0.25, 0.3) is 0 Å². The summed E-state index contributed by atoms with van der Waals surface area (Å²) in [5.74, 6) is 0.948. The second kappa shape index (κ2) is 6.68. The first kappa shape index (κ1) is 14.0. The van der Waals surface area contributed by atoms with Crippen LogP contribution in [0.2, 0.25) is 0 Å². The van der Waals surface area contributed by atoms with E-state index >= 15 is 0 Å². The first-order valence-corrected chi connectivity index (χ1v) is 7.43. The molecule has 0 fully saturated rings. The third-order valence-corrected chi connectivity index (χ3v) is 3.73. The minimum absolute atomic E-state index is 0.289. The van der Waals surface area contributed by atoms with Gasteiger partial charge in [0.2, 0.25) is 0 Å². The molecule has 0 aliphatic carbocycles. The molecule has 1 aromatic carbocycles. The average Bonchev–Trinajstić information content (AvgIpc) is 2.89. The predicted molar refractivity (Wildman–Crippen MR) is 79.7 cm³/mol. The number of aromatic nitrogens is 1. The Morgan fingerprint density at radius 3 is 2.95 bits per heavy atom. The van der Waals surface area contributed by atoms with Crippen LogP contribution < -0.4 is 10.1 Å². The molecule has 1 N–H and O–H groups in total. The number of aryl methyl sites for hydroxylation is 1. The lowest BCUT2D eigenvalue weighted by atomic mass is 10.0. The molecule has 0 saturated carbocycles. The molecule has 2 rings (SSSR count). The van der Waals surface area contributed by atoms with Gasteiger partial charge in [-0.05, 0) is 32.0 Å². The van der Waals surface area contributed by atoms with E-state index in [1.807, 2.05) is 11.6 Å². The van der Waals surface area contributed by atoms with Crippen LogP contribution in [0.4, 0.5) is 0 Å². The highest BCUT2D eigenvalue weighted by Crippen LogP contribution is 2.27. The Bertz CT molecular complexity index is 511. The van der Waals surface area contributed by atoms with Crippen LogP contribution in [-0.2, 0) is 6.61 Å². The fourth-order valence-corrected chi connectivity index (χ4v) is 2.53. The largest absolute Gasteiger partial charge is 0.486 e. The summed E-state index contributed by atoms with van der Waals surface area (Å²) in [6, 6.07) is 6.65. The van der Waals surface area contributed by atoms with Crippen molar-refractivity contribution in [2.75, 3.05) is 6.54 Å². The molecule has 0 saturated heterocycles. The predicted octanol–water partition coefficient (Wildman–Crippen LogP) is 3.70. The zero-order valence-corrected chi connectivity index (χ0v) is 12.5. The van der Waals surface area contributed by atoms with Crippen molar-refractivity contribution in [2.24, 2.45) is 0 Å². The van der Waals surface area contributed by atoms with Crippen LogP contribution in [0.3, 0.4) is 0 Å². The SMILES string of the molecule is CCNC(C)c1ccc(C)cc1OCc1nccs1. The van der Waals surface area contributed by atoms with Crippen molar-refractivity contribution in [3.63, 3.8) is 0 Å². The average molecular weight is 276 g/mol. The van der Waals surface area contributed by atoms with Crippen LogP contribution in [0.5, 0.6) is 5.75 Å². The lowest BCUT2D eigenvalue weighted by molar-refractivity contribution is 0.299. The second-order valence-electron chi connectivity index (χ2n) is 4.54. The molecule has 0 bridgehead atoms. The van der Waals surface area contributed by atoms with Crippen molar-refractivity contribution in [1.29, 1.82) is 0 Å². The van der Waals surface area contributed by atoms with Crippen molar-refractivity contribution in [2.45, 2.75) is 33.4 Å². The molecule has 3 nitrogen and oxygen atoms in total. The van der Waals surface area contributed by atoms with Crippen molar-refractivity contribution in [3.8, 4) is 5.75 Å². The summed E-state index contributed by atoms with van der Waals surface area (Å²) in [6.07, 6.45) is 1.81. The van der Waals surface area contributed by atoms with E-state index in [9.17, 15) is 0 Å². The Balaban J connectivity index is 2.14. The molecule has 1 atom stereocenters. The highest BCUT2D eigenvalue weighted by molar-refractivity contribution is 7.09. The maximum Gasteiger partial charge on any atom is 0.140 e. The number of benzene rings is 1. The molecule has 0 radical (unpaired) electrons. The molecular weight excluding hydrogens is 256 g/mol. The third-order valence-electron chi connectivity index (χ3n) is 2.98. The fourth-order valence-electron chi connectivity index (χ4n) is 2.00. The van der Waals surface area contributed by atoms with Crippen molar-refractivity contribution in [3.05, 3.63) is 45.9 Å². The highest BCUT2D eigenvalue weighted by Gasteiger charge is 2.11. The van der Waals surface area contributed by atoms with Gasteiger partial charge in [0.1, 0.15) is 17.4 Å². The molecular formula is C15H20N2OS. The van der Waals surface area contributed by atoms with E-state index in [2.05, 4.69) is 49.3 Å². The Labute approximate surface area is 118 Å². The molecule has 4 heteroatoms. The van der Waals surface area contributed by atoms with Crippen LogP contribution in [0.15, 0.2) is 29.8 Å². The highest BCUT2D eigenvalue weighted by atomic mass is 32.1. The molecule has 0 aliphatic rings. The summed E-state index contributed by atoms with van der Waals surface area (Å²) in [4.78, 5) is 4.24. The summed E-state index contributed by atoms with van der Waals surface area (Å²) < 4.78 is 5.94. The topological polar surface area (TPSA) is 34.1 Å². The zero-order valence-electron chi connectivity index (χ0n) is 11.6. The van der Waals surface area contributed by atoms with E-state index in [1.165, 1.54) is 11.1 Å². The first-order chi connectivity index (χ1) is 9.20. The maximum atomic E-state index is 5.94. The van der Waals surface area contributed by atoms with Gasteiger partial charge in [-0.15, -0.1) is 11.3 Å². The van der Waals surface area contributed by atoms with Gasteiger partial charge in [0.05, 0.1) is 0 Å². The number of nitrogens with zero attached hydrogens (tertiary/aromatic N) is 1. The van der Waals surface area contributed by atoms with E-state index in [0.29, 0.717) is 6.61 Å². The summed E-state index contributed by atoms with van der Waals surface area (Å²) in [5, 5.41) is 6.39. The molecule has 1 aromatic heterocycles. The first-order valence-electron chi connectivity index (χ1n) is 6.55. The van der Waals surface area contributed by atoms with Crippen LogP contribution in [0.1, 0.15) is 36.0 Å². The van der Waals surface area contributed by atoms with E-state index < -0.39 is 0 Å². The normalized spacial score (nSPS) is 12.4. The van der Waals surface area contributed by atoms with Crippen molar-refractivity contribution < 1.29 is 4.74 Å². The lowest BCUT2D eigenvalue weighted by Gasteiger charge is -2.18. The van der Waals surface area contributed by atoms with Gasteiger partial charge in [0.25, 0.3) is 0 Å². The summed E-state index contributed by atoms with van der Waals surface area (Å²) in [5.41, 5.74) is 2.41. The Morgan fingerprint density at radius 1 is 1.42 bits per heavy atom. The lowest BCUT2D eigenvalue weighted by Crippen LogP contribution is -2.18. The van der Waals surface area contributed by atoms with Gasteiger partial charge < -0.3 is 10.1 Å². The van der Waals surface area contributed by atoms with E-state index in [0.717, 1.165) is 17.3 Å². The number of hydrogen-bond acceptors (Lipinski definition) is 4. The quantitative estimate of drug-likeness (QED) is 0.873. The summed E-state index contributed by atoms with van der Waals surface area (Å²) >= 11 is 1.62. The molecule has 102 valence electrons. The smallest absolute Gasteiger partial charge is 0.140 e. The van der Waals surface area contributed by atoms with Gasteiger partial charge in [0.15, 0.2) is 0 Å².